The van der Waals surface area contributed by atoms with Gasteiger partial charge in [-0.15, -0.1) is 0 Å². The van der Waals surface area contributed by atoms with Gasteiger partial charge in [-0.1, -0.05) is 23.2 Å². The van der Waals surface area contributed by atoms with E-state index in [-0.39, 0.29) is 12.6 Å². The fourth-order valence-corrected chi connectivity index (χ4v) is 2.95. The van der Waals surface area contributed by atoms with Gasteiger partial charge in [-0.3, -0.25) is 14.4 Å². The molecule has 3 N–H and O–H groups in total. The molecule has 2 aromatic rings. The van der Waals surface area contributed by atoms with Crippen molar-refractivity contribution in [1.82, 2.24) is 10.7 Å². The van der Waals surface area contributed by atoms with E-state index in [0.29, 0.717) is 32.8 Å². The van der Waals surface area contributed by atoms with E-state index < -0.39 is 17.7 Å². The van der Waals surface area contributed by atoms with Gasteiger partial charge in [-0.2, -0.15) is 5.10 Å². The van der Waals surface area contributed by atoms with E-state index in [2.05, 4.69) is 21.2 Å². The molecule has 32 heavy (non-hydrogen) atoms. The number of amides is 3. The first-order valence-corrected chi connectivity index (χ1v) is 10.3. The molecule has 0 heterocycles. The maximum Gasteiger partial charge on any atom is 0.329 e. The fraction of sp³-hybridized carbons (Fsp3) is 0.238. The molecule has 9 nitrogen and oxygen atoms in total. The number of nitrogens with one attached hydrogen (secondary N) is 3. The number of hydrogen-bond acceptors (Lipinski definition) is 6. The van der Waals surface area contributed by atoms with Gasteiger partial charge in [-0.05, 0) is 54.8 Å². The molecule has 0 aromatic heterocycles. The van der Waals surface area contributed by atoms with E-state index in [1.54, 1.807) is 30.3 Å². The van der Waals surface area contributed by atoms with Crippen LogP contribution in [0.5, 0.6) is 11.5 Å². The van der Waals surface area contributed by atoms with Gasteiger partial charge in [0.1, 0.15) is 0 Å². The molecule has 1 saturated carbocycles. The molecule has 2 aromatic carbocycles. The molecule has 1 fully saturated rings. The monoisotopic (exact) mass is 478 g/mol. The molecule has 0 spiro atoms. The number of ether oxygens (including phenoxy) is 2. The number of nitrogens with zero attached hydrogens (tertiary/aromatic N) is 1. The Labute approximate surface area is 194 Å². The number of hydrogen-bond donors (Lipinski definition) is 3. The molecule has 1 aliphatic carbocycles. The van der Waals surface area contributed by atoms with Crippen LogP contribution in [0.1, 0.15) is 18.4 Å². The molecule has 0 atom stereocenters. The topological polar surface area (TPSA) is 118 Å². The average molecular weight is 479 g/mol. The van der Waals surface area contributed by atoms with Crippen LogP contribution in [0, 0.1) is 0 Å². The zero-order valence-electron chi connectivity index (χ0n) is 17.0. The predicted octanol–water partition coefficient (Wildman–Crippen LogP) is 2.75. The Bertz CT molecular complexity index is 1060. The minimum atomic E-state index is -0.841. The highest BCUT2D eigenvalue weighted by Crippen LogP contribution is 2.28. The summed E-state index contributed by atoms with van der Waals surface area (Å²) >= 11 is 11.9. The Kier molecular flexibility index (Phi) is 7.91. The van der Waals surface area contributed by atoms with Crippen molar-refractivity contribution in [2.75, 3.05) is 19.0 Å². The normalized spacial score (nSPS) is 12.8. The maximum atomic E-state index is 12.2. The summed E-state index contributed by atoms with van der Waals surface area (Å²) in [6.45, 7) is -0.283. The molecule has 3 amide bonds. The van der Waals surface area contributed by atoms with Crippen molar-refractivity contribution in [2.45, 2.75) is 18.9 Å². The highest BCUT2D eigenvalue weighted by Gasteiger charge is 2.26. The molecular weight excluding hydrogens is 459 g/mol. The first kappa shape index (κ1) is 23.4. The first-order chi connectivity index (χ1) is 15.4. The Morgan fingerprint density at radius 2 is 1.88 bits per heavy atom. The lowest BCUT2D eigenvalue weighted by atomic mass is 10.2. The molecule has 11 heteroatoms. The quantitative estimate of drug-likeness (QED) is 0.306. The third-order valence-corrected chi connectivity index (χ3v) is 4.80. The van der Waals surface area contributed by atoms with E-state index in [1.807, 2.05) is 0 Å². The highest BCUT2D eigenvalue weighted by atomic mass is 35.5. The minimum Gasteiger partial charge on any atom is -0.493 e. The molecule has 168 valence electrons. The van der Waals surface area contributed by atoms with Crippen LogP contribution in [0.15, 0.2) is 41.5 Å². The zero-order chi connectivity index (χ0) is 23.1. The summed E-state index contributed by atoms with van der Waals surface area (Å²) in [5, 5.41) is 9.72. The minimum absolute atomic E-state index is 0.0827. The van der Waals surface area contributed by atoms with Crippen LogP contribution in [0.25, 0.3) is 0 Å². The van der Waals surface area contributed by atoms with Gasteiger partial charge in [0.2, 0.25) is 0 Å². The second-order valence-electron chi connectivity index (χ2n) is 6.82. The van der Waals surface area contributed by atoms with Gasteiger partial charge >= 0.3 is 11.8 Å². The van der Waals surface area contributed by atoms with Crippen molar-refractivity contribution < 1.29 is 23.9 Å². The highest BCUT2D eigenvalue weighted by molar-refractivity contribution is 6.36. The van der Waals surface area contributed by atoms with Crippen LogP contribution >= 0.6 is 23.2 Å². The van der Waals surface area contributed by atoms with Crippen molar-refractivity contribution in [2.24, 2.45) is 5.10 Å². The molecule has 3 rings (SSSR count). The second kappa shape index (κ2) is 10.8. The molecule has 0 unspecified atom stereocenters. The SMILES string of the molecule is COc1cc(/C=N\NC(=O)C(=O)NC2CC2)ccc1OCC(=O)Nc1ccc(Cl)cc1Cl. The molecular formula is C21H20Cl2N4O5. The Hall–Kier alpha value is -3.30. The third-order valence-electron chi connectivity index (χ3n) is 4.25. The molecule has 0 bridgehead atoms. The number of hydrazone groups is 1. The zero-order valence-corrected chi connectivity index (χ0v) is 18.5. The number of anilines is 1. The summed E-state index contributed by atoms with van der Waals surface area (Å²) < 4.78 is 10.8. The Balaban J connectivity index is 1.53. The van der Waals surface area contributed by atoms with Gasteiger partial charge in [0, 0.05) is 11.1 Å². The summed E-state index contributed by atoms with van der Waals surface area (Å²) in [6.07, 6.45) is 3.11. The third kappa shape index (κ3) is 6.86. The van der Waals surface area contributed by atoms with Gasteiger partial charge in [0.05, 0.1) is 24.0 Å². The van der Waals surface area contributed by atoms with Crippen molar-refractivity contribution in [3.8, 4) is 11.5 Å². The largest absolute Gasteiger partial charge is 0.493 e. The van der Waals surface area contributed by atoms with E-state index in [0.717, 1.165) is 12.8 Å². The van der Waals surface area contributed by atoms with Gasteiger partial charge in [0.15, 0.2) is 18.1 Å². The number of carbonyl (C=O) groups is 3. The summed E-state index contributed by atoms with van der Waals surface area (Å²) in [5.41, 5.74) is 3.15. The Morgan fingerprint density at radius 1 is 1.09 bits per heavy atom. The van der Waals surface area contributed by atoms with Gasteiger partial charge < -0.3 is 20.1 Å². The summed E-state index contributed by atoms with van der Waals surface area (Å²) in [5.74, 6) is -1.30. The van der Waals surface area contributed by atoms with Crippen LogP contribution in [-0.4, -0.2) is 43.7 Å². The summed E-state index contributed by atoms with van der Waals surface area (Å²) in [7, 11) is 1.45. The lowest BCUT2D eigenvalue weighted by Gasteiger charge is -2.12. The van der Waals surface area contributed by atoms with Crippen LogP contribution in [0.2, 0.25) is 10.0 Å². The van der Waals surface area contributed by atoms with E-state index in [4.69, 9.17) is 32.7 Å². The molecule has 0 saturated heterocycles. The lowest BCUT2D eigenvalue weighted by molar-refractivity contribution is -0.139. The first-order valence-electron chi connectivity index (χ1n) is 9.55. The second-order valence-corrected chi connectivity index (χ2v) is 7.66. The van der Waals surface area contributed by atoms with Crippen LogP contribution < -0.4 is 25.5 Å². The Morgan fingerprint density at radius 3 is 2.56 bits per heavy atom. The van der Waals surface area contributed by atoms with Crippen LogP contribution in [0.4, 0.5) is 5.69 Å². The van der Waals surface area contributed by atoms with Crippen molar-refractivity contribution in [3.63, 3.8) is 0 Å². The lowest BCUT2D eigenvalue weighted by Crippen LogP contribution is -2.38. The number of halogens is 2. The van der Waals surface area contributed by atoms with Gasteiger partial charge in [0.25, 0.3) is 5.91 Å². The van der Waals surface area contributed by atoms with Gasteiger partial charge in [-0.25, -0.2) is 5.43 Å². The number of rotatable bonds is 8. The fourth-order valence-electron chi connectivity index (χ4n) is 2.50. The van der Waals surface area contributed by atoms with E-state index in [9.17, 15) is 14.4 Å². The molecule has 0 aliphatic heterocycles. The predicted molar refractivity (Wildman–Crippen MR) is 120 cm³/mol. The van der Waals surface area contributed by atoms with E-state index >= 15 is 0 Å². The molecule has 0 radical (unpaired) electrons. The number of carbonyl (C=O) groups excluding carboxylic acids is 3. The van der Waals surface area contributed by atoms with Crippen molar-refractivity contribution >= 4 is 52.8 Å². The molecule has 1 aliphatic rings. The van der Waals surface area contributed by atoms with Crippen LogP contribution in [-0.2, 0) is 14.4 Å². The maximum absolute atomic E-state index is 12.2. The summed E-state index contributed by atoms with van der Waals surface area (Å²) in [4.78, 5) is 35.4. The smallest absolute Gasteiger partial charge is 0.329 e. The van der Waals surface area contributed by atoms with Crippen LogP contribution in [0.3, 0.4) is 0 Å². The summed E-state index contributed by atoms with van der Waals surface area (Å²) in [6, 6.07) is 9.63. The number of benzene rings is 2. The van der Waals surface area contributed by atoms with E-state index in [1.165, 1.54) is 19.4 Å². The number of methoxy groups -OCH3 is 1. The standard InChI is InChI=1S/C21H20Cl2N4O5/c1-31-18-8-12(10-24-27-21(30)20(29)25-14-4-5-14)2-7-17(18)32-11-19(28)26-16-6-3-13(22)9-15(16)23/h2-3,6-10,14H,4-5,11H2,1H3,(H,25,29)(H,26,28)(H,27,30)/b24-10-. The van der Waals surface area contributed by atoms with Crippen molar-refractivity contribution in [1.29, 1.82) is 0 Å². The average Bonchev–Trinajstić information content (AvgIpc) is 3.58. The van der Waals surface area contributed by atoms with Crippen molar-refractivity contribution in [3.05, 3.63) is 52.0 Å².